The summed E-state index contributed by atoms with van der Waals surface area (Å²) in [4.78, 5) is 45.9. The molecule has 32 heavy (non-hydrogen) atoms. The van der Waals surface area contributed by atoms with E-state index in [0.29, 0.717) is 12.8 Å². The summed E-state index contributed by atoms with van der Waals surface area (Å²) in [6.07, 6.45) is 3.91. The normalized spacial score (nSPS) is 14.1. The predicted octanol–water partition coefficient (Wildman–Crippen LogP) is -5.81. The number of ether oxygens (including phenoxy) is 2. The zero-order valence-electron chi connectivity index (χ0n) is 19.5. The molecule has 1 unspecified atom stereocenters. The Morgan fingerprint density at radius 3 is 1.88 bits per heavy atom. The minimum absolute atomic E-state index is 0. The Kier molecular flexibility index (Phi) is 25.4. The Hall–Kier alpha value is 0.480. The monoisotopic (exact) mass is 499 g/mol. The maximum atomic E-state index is 11.9. The van der Waals surface area contributed by atoms with E-state index in [4.69, 9.17) is 15.2 Å². The van der Waals surface area contributed by atoms with Gasteiger partial charge in [0.2, 0.25) is 0 Å². The van der Waals surface area contributed by atoms with Crippen LogP contribution in [-0.2, 0) is 37.5 Å². The molecule has 0 saturated carbocycles. The van der Waals surface area contributed by atoms with Crippen molar-refractivity contribution >= 4 is 25.7 Å². The number of carboxylic acid groups (broad SMARTS) is 1. The summed E-state index contributed by atoms with van der Waals surface area (Å²) in [6.45, 7) is 2.03. The third-order valence-electron chi connectivity index (χ3n) is 3.83. The first-order valence-electron chi connectivity index (χ1n) is 10.0. The molecular weight excluding hydrogens is 467 g/mol. The van der Waals surface area contributed by atoms with Crippen molar-refractivity contribution in [2.75, 3.05) is 19.8 Å². The number of rotatable bonds is 18. The van der Waals surface area contributed by atoms with E-state index in [1.165, 1.54) is 0 Å². The van der Waals surface area contributed by atoms with Gasteiger partial charge in [-0.15, -0.1) is 0 Å². The third-order valence-corrected chi connectivity index (χ3v) is 4.76. The number of carbonyl (C=O) groups excluding carboxylic acids is 3. The first-order valence-corrected chi connectivity index (χ1v) is 11.5. The van der Waals surface area contributed by atoms with E-state index < -0.39 is 51.1 Å². The quantitative estimate of drug-likeness (QED) is 0.0822. The molecule has 176 valence electrons. The van der Waals surface area contributed by atoms with E-state index in [1.54, 1.807) is 0 Å². The van der Waals surface area contributed by atoms with Gasteiger partial charge in [0.15, 0.2) is 6.10 Å². The van der Waals surface area contributed by atoms with Crippen molar-refractivity contribution < 1.29 is 107 Å². The summed E-state index contributed by atoms with van der Waals surface area (Å²) < 4.78 is 30.9. The van der Waals surface area contributed by atoms with Crippen LogP contribution in [0.1, 0.15) is 65.2 Å². The Morgan fingerprint density at radius 2 is 1.38 bits per heavy atom. The minimum Gasteiger partial charge on any atom is -0.756 e. The molecule has 11 nitrogen and oxygen atoms in total. The molecule has 0 bridgehead atoms. The van der Waals surface area contributed by atoms with Gasteiger partial charge in [-0.3, -0.25) is 14.2 Å². The number of phosphoric ester groups is 1. The van der Waals surface area contributed by atoms with Crippen molar-refractivity contribution in [3.8, 4) is 0 Å². The molecule has 0 heterocycles. The van der Waals surface area contributed by atoms with E-state index in [9.17, 15) is 28.9 Å². The Morgan fingerprint density at radius 1 is 0.875 bits per heavy atom. The molecule has 0 saturated heterocycles. The summed E-state index contributed by atoms with van der Waals surface area (Å²) in [5, 5.41) is 10.5. The first-order chi connectivity index (χ1) is 14.1. The molecule has 14 heteroatoms. The van der Waals surface area contributed by atoms with Gasteiger partial charge in [0, 0.05) is 12.8 Å². The average molecular weight is 499 g/mol. The van der Waals surface area contributed by atoms with Crippen molar-refractivity contribution in [2.45, 2.75) is 77.4 Å². The SMILES string of the molecule is CCCCCC(=O)OC[C@H](COP(=O)([O-])OC[C@H](N)C(=O)[O-])OC(=O)CCCCC.[Na+].[Na+]. The van der Waals surface area contributed by atoms with Crippen molar-refractivity contribution in [1.82, 2.24) is 0 Å². The number of carbonyl (C=O) groups is 3. The van der Waals surface area contributed by atoms with Crippen LogP contribution in [0.2, 0.25) is 0 Å². The van der Waals surface area contributed by atoms with E-state index >= 15 is 0 Å². The Balaban J connectivity index is -0.00000420. The van der Waals surface area contributed by atoms with Crippen molar-refractivity contribution in [3.05, 3.63) is 0 Å². The van der Waals surface area contributed by atoms with Gasteiger partial charge in [-0.2, -0.15) is 0 Å². The molecular formula is C18H32NNa2O10P. The van der Waals surface area contributed by atoms with Crippen LogP contribution in [0.5, 0.6) is 0 Å². The number of esters is 2. The average Bonchev–Trinajstić information content (AvgIpc) is 2.68. The second-order valence-corrected chi connectivity index (χ2v) is 8.08. The fourth-order valence-corrected chi connectivity index (χ4v) is 2.88. The van der Waals surface area contributed by atoms with Crippen LogP contribution in [0.4, 0.5) is 0 Å². The smallest absolute Gasteiger partial charge is 0.756 e. The van der Waals surface area contributed by atoms with Gasteiger partial charge in [0.1, 0.15) is 6.61 Å². The second kappa shape index (κ2) is 22.0. The topological polar surface area (TPSA) is 177 Å². The van der Waals surface area contributed by atoms with Gasteiger partial charge in [0.05, 0.1) is 25.2 Å². The molecule has 0 radical (unpaired) electrons. The molecule has 0 amide bonds. The molecule has 0 aliphatic rings. The molecule has 0 aromatic rings. The summed E-state index contributed by atoms with van der Waals surface area (Å²) >= 11 is 0. The number of hydrogen-bond acceptors (Lipinski definition) is 11. The van der Waals surface area contributed by atoms with Gasteiger partial charge in [0.25, 0.3) is 7.82 Å². The summed E-state index contributed by atoms with van der Waals surface area (Å²) in [6, 6.07) is -1.66. The van der Waals surface area contributed by atoms with Crippen LogP contribution in [0.3, 0.4) is 0 Å². The van der Waals surface area contributed by atoms with Gasteiger partial charge in [-0.25, -0.2) is 0 Å². The molecule has 0 rings (SSSR count). The van der Waals surface area contributed by atoms with E-state index in [0.717, 1.165) is 25.7 Å². The number of nitrogens with two attached hydrogens (primary N) is 1. The maximum absolute atomic E-state index is 11.9. The molecule has 0 aromatic heterocycles. The standard InChI is InChI=1S/C18H34NO10P.2Na/c1-3-5-7-9-16(20)26-11-14(29-17(21)10-8-6-4-2)12-27-30(24,25)28-13-15(19)18(22)23;;/h14-15H,3-13,19H2,1-2H3,(H,22,23)(H,24,25);;/q;2*+1/p-2/t14-,15+;;/m1../s1. The van der Waals surface area contributed by atoms with E-state index in [1.807, 2.05) is 13.8 Å². The molecule has 2 N–H and O–H groups in total. The number of hydrogen-bond donors (Lipinski definition) is 1. The molecule has 0 spiro atoms. The van der Waals surface area contributed by atoms with Gasteiger partial charge in [-0.05, 0) is 12.8 Å². The van der Waals surface area contributed by atoms with Crippen LogP contribution in [-0.4, -0.2) is 49.9 Å². The van der Waals surface area contributed by atoms with Crippen LogP contribution in [0.15, 0.2) is 0 Å². The Bertz CT molecular complexity index is 582. The van der Waals surface area contributed by atoms with E-state index in [-0.39, 0.29) is 78.6 Å². The second-order valence-electron chi connectivity index (χ2n) is 6.67. The molecule has 0 aliphatic heterocycles. The summed E-state index contributed by atoms with van der Waals surface area (Å²) in [5.41, 5.74) is 5.10. The first kappa shape index (κ1) is 37.0. The number of phosphoric acid groups is 1. The largest absolute Gasteiger partial charge is 1.00 e. The Labute approximate surface area is 233 Å². The zero-order chi connectivity index (χ0) is 23.0. The third kappa shape index (κ3) is 21.0. The van der Waals surface area contributed by atoms with Gasteiger partial charge < -0.3 is 39.0 Å². The number of aliphatic carboxylic acids is 1. The van der Waals surface area contributed by atoms with Gasteiger partial charge in [-0.1, -0.05) is 39.5 Å². The van der Waals surface area contributed by atoms with Crippen LogP contribution in [0, 0.1) is 0 Å². The van der Waals surface area contributed by atoms with Crippen molar-refractivity contribution in [2.24, 2.45) is 5.73 Å². The van der Waals surface area contributed by atoms with Crippen LogP contribution >= 0.6 is 7.82 Å². The fourth-order valence-electron chi connectivity index (χ4n) is 2.11. The molecule has 0 fully saturated rings. The molecule has 0 aromatic carbocycles. The maximum Gasteiger partial charge on any atom is 1.00 e. The summed E-state index contributed by atoms with van der Waals surface area (Å²) in [5.74, 6) is -2.78. The predicted molar refractivity (Wildman–Crippen MR) is 102 cm³/mol. The van der Waals surface area contributed by atoms with Crippen molar-refractivity contribution in [1.29, 1.82) is 0 Å². The van der Waals surface area contributed by atoms with E-state index in [2.05, 4.69) is 9.05 Å². The van der Waals surface area contributed by atoms with Crippen molar-refractivity contribution in [3.63, 3.8) is 0 Å². The van der Waals surface area contributed by atoms with Gasteiger partial charge >= 0.3 is 71.1 Å². The van der Waals surface area contributed by atoms with Crippen LogP contribution < -0.4 is 74.8 Å². The fraction of sp³-hybridized carbons (Fsp3) is 0.833. The molecule has 3 atom stereocenters. The molecule has 0 aliphatic carbocycles. The summed E-state index contributed by atoms with van der Waals surface area (Å²) in [7, 11) is -4.93. The minimum atomic E-state index is -4.93. The number of carboxylic acids is 1. The van der Waals surface area contributed by atoms with Crippen LogP contribution in [0.25, 0.3) is 0 Å². The number of unbranched alkanes of at least 4 members (excludes halogenated alkanes) is 4. The zero-order valence-corrected chi connectivity index (χ0v) is 24.4.